The summed E-state index contributed by atoms with van der Waals surface area (Å²) in [5.41, 5.74) is -0.108. The van der Waals surface area contributed by atoms with E-state index in [0.717, 1.165) is 0 Å². The second-order valence-electron chi connectivity index (χ2n) is 3.16. The fourth-order valence-corrected chi connectivity index (χ4v) is 0.353. The molecule has 1 N–H and O–H groups in total. The molecule has 0 rings (SSSR count). The fourth-order valence-electron chi connectivity index (χ4n) is 0.353. The quantitative estimate of drug-likeness (QED) is 0.487. The Morgan fingerprint density at radius 1 is 1.33 bits per heavy atom. The van der Waals surface area contributed by atoms with E-state index < -0.39 is 6.10 Å². The first-order chi connectivity index (χ1) is 3.98. The van der Waals surface area contributed by atoms with Crippen LogP contribution < -0.4 is 0 Å². The summed E-state index contributed by atoms with van der Waals surface area (Å²) in [6.07, 6.45) is -0.498. The normalized spacial score (nSPS) is 13.9. The SMILES string of the molecule is CC#CC(O)C(C)(C)C. The van der Waals surface area contributed by atoms with E-state index in [1.54, 1.807) is 6.92 Å². The van der Waals surface area contributed by atoms with Gasteiger partial charge in [0.05, 0.1) is 0 Å². The zero-order valence-electron chi connectivity index (χ0n) is 6.52. The van der Waals surface area contributed by atoms with E-state index in [2.05, 4.69) is 11.8 Å². The van der Waals surface area contributed by atoms with Crippen molar-refractivity contribution in [2.45, 2.75) is 33.8 Å². The second kappa shape index (κ2) is 2.89. The molecule has 1 nitrogen and oxygen atoms in total. The maximum atomic E-state index is 9.21. The van der Waals surface area contributed by atoms with Crippen LogP contribution in [0.5, 0.6) is 0 Å². The Labute approximate surface area is 57.1 Å². The molecule has 0 aromatic rings. The number of aliphatic hydroxyl groups excluding tert-OH is 1. The Kier molecular flexibility index (Phi) is 2.73. The lowest BCUT2D eigenvalue weighted by Crippen LogP contribution is -2.23. The lowest BCUT2D eigenvalue weighted by molar-refractivity contribution is 0.114. The Hall–Kier alpha value is -0.480. The van der Waals surface area contributed by atoms with E-state index in [1.807, 2.05) is 20.8 Å². The Morgan fingerprint density at radius 2 is 1.78 bits per heavy atom. The molecule has 9 heavy (non-hydrogen) atoms. The van der Waals surface area contributed by atoms with Gasteiger partial charge in [0.25, 0.3) is 0 Å². The highest BCUT2D eigenvalue weighted by Gasteiger charge is 2.18. The minimum atomic E-state index is -0.498. The van der Waals surface area contributed by atoms with Gasteiger partial charge in [-0.2, -0.15) is 0 Å². The molecule has 0 aromatic carbocycles. The summed E-state index contributed by atoms with van der Waals surface area (Å²) in [6.45, 7) is 7.61. The average molecular weight is 126 g/mol. The van der Waals surface area contributed by atoms with Crippen molar-refractivity contribution in [3.05, 3.63) is 0 Å². The first-order valence-electron chi connectivity index (χ1n) is 3.09. The molecular weight excluding hydrogens is 112 g/mol. The van der Waals surface area contributed by atoms with Crippen LogP contribution in [0, 0.1) is 17.3 Å². The molecule has 0 aromatic heterocycles. The molecule has 0 radical (unpaired) electrons. The Morgan fingerprint density at radius 3 is 1.89 bits per heavy atom. The second-order valence-corrected chi connectivity index (χ2v) is 3.16. The van der Waals surface area contributed by atoms with Crippen LogP contribution >= 0.6 is 0 Å². The van der Waals surface area contributed by atoms with Crippen LogP contribution in [0.4, 0.5) is 0 Å². The van der Waals surface area contributed by atoms with E-state index in [0.29, 0.717) is 0 Å². The lowest BCUT2D eigenvalue weighted by atomic mass is 9.90. The van der Waals surface area contributed by atoms with Gasteiger partial charge in [-0.15, -0.1) is 5.92 Å². The molecule has 1 atom stereocenters. The topological polar surface area (TPSA) is 20.2 Å². The molecule has 0 aliphatic rings. The van der Waals surface area contributed by atoms with Crippen LogP contribution in [-0.2, 0) is 0 Å². The van der Waals surface area contributed by atoms with Gasteiger partial charge in [0.2, 0.25) is 0 Å². The molecule has 0 fully saturated rings. The maximum absolute atomic E-state index is 9.21. The number of rotatable bonds is 0. The van der Waals surface area contributed by atoms with Crippen molar-refractivity contribution in [2.24, 2.45) is 5.41 Å². The number of aliphatic hydroxyl groups is 1. The summed E-state index contributed by atoms with van der Waals surface area (Å²) in [7, 11) is 0. The first-order valence-corrected chi connectivity index (χ1v) is 3.09. The van der Waals surface area contributed by atoms with Crippen molar-refractivity contribution < 1.29 is 5.11 Å². The zero-order valence-corrected chi connectivity index (χ0v) is 6.52. The molecular formula is C8H14O. The Balaban J connectivity index is 3.99. The van der Waals surface area contributed by atoms with Crippen molar-refractivity contribution in [2.75, 3.05) is 0 Å². The van der Waals surface area contributed by atoms with E-state index in [9.17, 15) is 5.11 Å². The van der Waals surface area contributed by atoms with Gasteiger partial charge >= 0.3 is 0 Å². The van der Waals surface area contributed by atoms with Crippen molar-refractivity contribution in [1.82, 2.24) is 0 Å². The molecule has 0 saturated carbocycles. The van der Waals surface area contributed by atoms with Crippen molar-refractivity contribution in [3.8, 4) is 11.8 Å². The third kappa shape index (κ3) is 3.16. The average Bonchev–Trinajstić information content (AvgIpc) is 1.64. The summed E-state index contributed by atoms with van der Waals surface area (Å²) in [6, 6.07) is 0. The highest BCUT2D eigenvalue weighted by Crippen LogP contribution is 2.17. The molecule has 0 bridgehead atoms. The van der Waals surface area contributed by atoms with E-state index in [1.165, 1.54) is 0 Å². The van der Waals surface area contributed by atoms with Gasteiger partial charge in [-0.05, 0) is 12.3 Å². The van der Waals surface area contributed by atoms with Gasteiger partial charge in [-0.3, -0.25) is 0 Å². The van der Waals surface area contributed by atoms with E-state index >= 15 is 0 Å². The van der Waals surface area contributed by atoms with Gasteiger partial charge in [0, 0.05) is 0 Å². The number of hydrogen-bond donors (Lipinski definition) is 1. The summed E-state index contributed by atoms with van der Waals surface area (Å²) < 4.78 is 0. The van der Waals surface area contributed by atoms with E-state index in [4.69, 9.17) is 0 Å². The van der Waals surface area contributed by atoms with Crippen LogP contribution in [0.1, 0.15) is 27.7 Å². The van der Waals surface area contributed by atoms with E-state index in [-0.39, 0.29) is 5.41 Å². The van der Waals surface area contributed by atoms with Crippen molar-refractivity contribution in [3.63, 3.8) is 0 Å². The summed E-state index contributed by atoms with van der Waals surface area (Å²) in [4.78, 5) is 0. The minimum Gasteiger partial charge on any atom is -0.380 e. The van der Waals surface area contributed by atoms with Gasteiger partial charge in [-0.25, -0.2) is 0 Å². The summed E-state index contributed by atoms with van der Waals surface area (Å²) in [5.74, 6) is 5.36. The Bertz CT molecular complexity index is 131. The van der Waals surface area contributed by atoms with Gasteiger partial charge in [-0.1, -0.05) is 26.7 Å². The van der Waals surface area contributed by atoms with Crippen LogP contribution in [0.15, 0.2) is 0 Å². The zero-order chi connectivity index (χ0) is 7.49. The lowest BCUT2D eigenvalue weighted by Gasteiger charge is -2.20. The third-order valence-electron chi connectivity index (χ3n) is 1.10. The molecule has 1 heteroatoms. The van der Waals surface area contributed by atoms with Crippen LogP contribution in [0.25, 0.3) is 0 Å². The fraction of sp³-hybridized carbons (Fsp3) is 0.750. The summed E-state index contributed by atoms with van der Waals surface area (Å²) in [5, 5.41) is 9.21. The van der Waals surface area contributed by atoms with Crippen LogP contribution in [0.3, 0.4) is 0 Å². The summed E-state index contributed by atoms with van der Waals surface area (Å²) >= 11 is 0. The minimum absolute atomic E-state index is 0.108. The first kappa shape index (κ1) is 8.52. The van der Waals surface area contributed by atoms with Crippen molar-refractivity contribution in [1.29, 1.82) is 0 Å². The predicted octanol–water partition coefficient (Wildman–Crippen LogP) is 1.42. The molecule has 0 saturated heterocycles. The van der Waals surface area contributed by atoms with Crippen molar-refractivity contribution >= 4 is 0 Å². The molecule has 0 amide bonds. The monoisotopic (exact) mass is 126 g/mol. The highest BCUT2D eigenvalue weighted by atomic mass is 16.3. The third-order valence-corrected chi connectivity index (χ3v) is 1.10. The van der Waals surface area contributed by atoms with Crippen LogP contribution in [-0.4, -0.2) is 11.2 Å². The molecule has 0 aliphatic carbocycles. The maximum Gasteiger partial charge on any atom is 0.119 e. The molecule has 1 unspecified atom stereocenters. The standard InChI is InChI=1S/C8H14O/c1-5-6-7(9)8(2,3)4/h7,9H,1-4H3. The van der Waals surface area contributed by atoms with Gasteiger partial charge in [0.15, 0.2) is 0 Å². The molecule has 0 spiro atoms. The molecule has 0 aliphatic heterocycles. The largest absolute Gasteiger partial charge is 0.380 e. The van der Waals surface area contributed by atoms with Crippen LogP contribution in [0.2, 0.25) is 0 Å². The highest BCUT2D eigenvalue weighted by molar-refractivity contribution is 5.05. The predicted molar refractivity (Wildman–Crippen MR) is 38.9 cm³/mol. The smallest absolute Gasteiger partial charge is 0.119 e. The van der Waals surface area contributed by atoms with Gasteiger partial charge < -0.3 is 5.11 Å². The number of hydrogen-bond acceptors (Lipinski definition) is 1. The van der Waals surface area contributed by atoms with Gasteiger partial charge in [0.1, 0.15) is 6.10 Å². The molecule has 0 heterocycles. The molecule has 52 valence electrons.